The van der Waals surface area contributed by atoms with Gasteiger partial charge in [0.05, 0.1) is 40.2 Å². The van der Waals surface area contributed by atoms with Crippen molar-refractivity contribution in [1.82, 2.24) is 0 Å². The number of ether oxygens (including phenoxy) is 1. The number of hydrogen-bond acceptors (Lipinski definition) is 5. The van der Waals surface area contributed by atoms with Crippen molar-refractivity contribution < 1.29 is 24.2 Å². The third kappa shape index (κ3) is 6.75. The number of nitrogens with zero attached hydrogens (tertiary/aromatic N) is 3. The first-order chi connectivity index (χ1) is 27.7. The molecule has 0 spiro atoms. The van der Waals surface area contributed by atoms with Crippen LogP contribution in [0.5, 0.6) is 0 Å². The number of carbonyl (C=O) groups is 3. The maximum atomic E-state index is 11.9. The van der Waals surface area contributed by atoms with Crippen molar-refractivity contribution in [3.05, 3.63) is 179 Å². The van der Waals surface area contributed by atoms with Crippen LogP contribution in [0.2, 0.25) is 0 Å². The van der Waals surface area contributed by atoms with Crippen molar-refractivity contribution in [1.29, 1.82) is 0 Å². The second-order valence-corrected chi connectivity index (χ2v) is 13.9. The number of aliphatic hydroxyl groups is 1. The molecular formula is C46H40N6O5. The minimum Gasteiger partial charge on any atom is -0.388 e. The predicted octanol–water partition coefficient (Wildman–Crippen LogP) is 9.47. The minimum absolute atomic E-state index is 0.0294. The van der Waals surface area contributed by atoms with Gasteiger partial charge in [0.2, 0.25) is 0 Å². The molecule has 4 heterocycles. The topological polar surface area (TPSA) is 172 Å². The van der Waals surface area contributed by atoms with E-state index in [-0.39, 0.29) is 18.1 Å². The third-order valence-corrected chi connectivity index (χ3v) is 10.6. The zero-order valence-corrected chi connectivity index (χ0v) is 31.0. The van der Waals surface area contributed by atoms with Gasteiger partial charge < -0.3 is 27.0 Å². The monoisotopic (exact) mass is 756 g/mol. The highest BCUT2D eigenvalue weighted by molar-refractivity contribution is 6.05. The van der Waals surface area contributed by atoms with Gasteiger partial charge in [-0.2, -0.15) is 0 Å². The summed E-state index contributed by atoms with van der Waals surface area (Å²) in [5.74, 6) is -0.114. The molecule has 6 aromatic rings. The lowest BCUT2D eigenvalue weighted by molar-refractivity contribution is 0.153. The van der Waals surface area contributed by atoms with Gasteiger partial charge in [-0.05, 0) is 53.1 Å². The molecule has 0 aliphatic carbocycles. The fraction of sp³-hybridized carbons (Fsp3) is 0.109. The summed E-state index contributed by atoms with van der Waals surface area (Å²) in [6.07, 6.45) is 3.38. The standard InChI is InChI=1S/C16H16N2O2.C15H12N2O2.C15H12N2O/c1-10-11-6-2-4-8-13(11)18(16(17)20)14-9-5-3-7-12(14)15(10)19;16-15(18)17-11-7-3-1-5-9(11)13-14(19-13)10-6-2-4-8-12(10)17;16-15(18)17-13-7-3-1-5-11(13)9-10-12-6-2-4-8-14(12)17/h2-10,15,19H,1H3,(H2,17,20);1-8,13-14H,(H2,16,18);1-10H,(H2,16,18). The van der Waals surface area contributed by atoms with Crippen LogP contribution in [0.25, 0.3) is 12.2 Å². The largest absolute Gasteiger partial charge is 0.388 e. The smallest absolute Gasteiger partial charge is 0.323 e. The summed E-state index contributed by atoms with van der Waals surface area (Å²) in [7, 11) is 0. The highest BCUT2D eigenvalue weighted by atomic mass is 16.6. The van der Waals surface area contributed by atoms with Crippen LogP contribution in [0.3, 0.4) is 0 Å². The van der Waals surface area contributed by atoms with Crippen LogP contribution in [0, 0.1) is 0 Å². The molecule has 284 valence electrons. The Hall–Kier alpha value is -7.21. The molecule has 0 radical (unpaired) electrons. The number of rotatable bonds is 0. The van der Waals surface area contributed by atoms with Gasteiger partial charge in [0.25, 0.3) is 0 Å². The summed E-state index contributed by atoms with van der Waals surface area (Å²) < 4.78 is 5.76. The molecule has 6 aromatic carbocycles. The molecule has 57 heavy (non-hydrogen) atoms. The van der Waals surface area contributed by atoms with Crippen LogP contribution in [0.1, 0.15) is 64.5 Å². The Morgan fingerprint density at radius 1 is 0.456 bits per heavy atom. The maximum absolute atomic E-state index is 11.9. The van der Waals surface area contributed by atoms with Crippen molar-refractivity contribution in [3.63, 3.8) is 0 Å². The Morgan fingerprint density at radius 3 is 1.18 bits per heavy atom. The summed E-state index contributed by atoms with van der Waals surface area (Å²) in [5, 5.41) is 10.6. The molecule has 11 nitrogen and oxygen atoms in total. The fourth-order valence-corrected chi connectivity index (χ4v) is 7.85. The number of epoxide rings is 1. The molecule has 4 unspecified atom stereocenters. The summed E-state index contributed by atoms with van der Waals surface area (Å²) in [6, 6.07) is 44.3. The van der Waals surface area contributed by atoms with E-state index in [2.05, 4.69) is 0 Å². The molecule has 11 heteroatoms. The number of aliphatic hydroxyl groups excluding tert-OH is 1. The minimum atomic E-state index is -0.670. The number of fused-ring (bicyclic) bond motifs is 9. The first kappa shape index (κ1) is 36.8. The van der Waals surface area contributed by atoms with Crippen LogP contribution in [-0.2, 0) is 4.74 Å². The highest BCUT2D eigenvalue weighted by Crippen LogP contribution is 2.58. The van der Waals surface area contributed by atoms with Gasteiger partial charge >= 0.3 is 18.1 Å². The molecule has 4 aliphatic heterocycles. The summed E-state index contributed by atoms with van der Waals surface area (Å²) >= 11 is 0. The zero-order chi connectivity index (χ0) is 39.8. The second-order valence-electron chi connectivity index (χ2n) is 13.9. The van der Waals surface area contributed by atoms with E-state index < -0.39 is 24.2 Å². The van der Waals surface area contributed by atoms with Gasteiger partial charge in [0, 0.05) is 22.6 Å². The Bertz CT molecular complexity index is 2400. The number of hydrogen-bond donors (Lipinski definition) is 4. The quantitative estimate of drug-likeness (QED) is 0.113. The molecule has 0 bridgehead atoms. The van der Waals surface area contributed by atoms with E-state index in [1.165, 1.54) is 4.90 Å². The van der Waals surface area contributed by atoms with Gasteiger partial charge in [-0.15, -0.1) is 0 Å². The molecular weight excluding hydrogens is 717 g/mol. The molecule has 0 aromatic heterocycles. The Morgan fingerprint density at radius 2 is 0.754 bits per heavy atom. The summed E-state index contributed by atoms with van der Waals surface area (Å²) in [6.45, 7) is 1.95. The summed E-state index contributed by atoms with van der Waals surface area (Å²) in [4.78, 5) is 40.1. The van der Waals surface area contributed by atoms with Crippen LogP contribution >= 0.6 is 0 Å². The molecule has 10 rings (SSSR count). The van der Waals surface area contributed by atoms with Gasteiger partial charge in [-0.25, -0.2) is 14.4 Å². The molecule has 1 fully saturated rings. The molecule has 1 saturated heterocycles. The van der Waals surface area contributed by atoms with Crippen molar-refractivity contribution in [2.75, 3.05) is 14.7 Å². The van der Waals surface area contributed by atoms with Gasteiger partial charge in [0.1, 0.15) is 12.2 Å². The third-order valence-electron chi connectivity index (χ3n) is 10.6. The zero-order valence-electron chi connectivity index (χ0n) is 31.0. The lowest BCUT2D eigenvalue weighted by atomic mass is 9.91. The number of para-hydroxylation sites is 6. The van der Waals surface area contributed by atoms with E-state index in [1.54, 1.807) is 15.9 Å². The Balaban J connectivity index is 0.000000120. The van der Waals surface area contributed by atoms with Crippen LogP contribution in [0.15, 0.2) is 146 Å². The van der Waals surface area contributed by atoms with Gasteiger partial charge in [0.15, 0.2) is 0 Å². The average Bonchev–Trinajstić information content (AvgIpc) is 4.06. The van der Waals surface area contributed by atoms with E-state index in [0.29, 0.717) is 5.69 Å². The van der Waals surface area contributed by atoms with Crippen LogP contribution < -0.4 is 31.9 Å². The normalized spacial score (nSPS) is 18.9. The second kappa shape index (κ2) is 15.1. The van der Waals surface area contributed by atoms with Gasteiger partial charge in [-0.1, -0.05) is 128 Å². The average molecular weight is 757 g/mol. The fourth-order valence-electron chi connectivity index (χ4n) is 7.85. The first-order valence-electron chi connectivity index (χ1n) is 18.5. The van der Waals surface area contributed by atoms with E-state index >= 15 is 0 Å². The number of amides is 6. The van der Waals surface area contributed by atoms with Crippen molar-refractivity contribution in [3.8, 4) is 0 Å². The lowest BCUT2D eigenvalue weighted by Gasteiger charge is -2.23. The van der Waals surface area contributed by atoms with Crippen LogP contribution in [-0.4, -0.2) is 23.2 Å². The molecule has 7 N–H and O–H groups in total. The SMILES string of the molecule is CC1c2ccccc2N(C(N)=O)c2ccccc2C1O.NC(=O)N1c2ccccc2C2OC2c2ccccc21.NC(=O)N1c2ccccc2C=Cc2ccccc21. The highest BCUT2D eigenvalue weighted by Gasteiger charge is 2.47. The van der Waals surface area contributed by atoms with Gasteiger partial charge in [-0.3, -0.25) is 14.7 Å². The number of benzene rings is 6. The number of urea groups is 3. The van der Waals surface area contributed by atoms with E-state index in [1.807, 2.05) is 159 Å². The number of nitrogens with two attached hydrogens (primary N) is 3. The van der Waals surface area contributed by atoms with Crippen molar-refractivity contribution in [2.24, 2.45) is 17.2 Å². The number of primary amides is 3. The lowest BCUT2D eigenvalue weighted by Crippen LogP contribution is -2.32. The molecule has 4 aliphatic rings. The van der Waals surface area contributed by atoms with E-state index in [4.69, 9.17) is 21.9 Å². The molecule has 0 saturated carbocycles. The van der Waals surface area contributed by atoms with Crippen molar-refractivity contribution >= 4 is 64.4 Å². The first-order valence-corrected chi connectivity index (χ1v) is 18.5. The Labute approximate surface area is 329 Å². The van der Waals surface area contributed by atoms with Crippen molar-refractivity contribution in [2.45, 2.75) is 31.2 Å². The molecule has 6 amide bonds. The maximum Gasteiger partial charge on any atom is 0.323 e. The molecule has 4 atom stereocenters. The summed E-state index contributed by atoms with van der Waals surface area (Å²) in [5.41, 5.74) is 26.9. The predicted molar refractivity (Wildman–Crippen MR) is 223 cm³/mol. The van der Waals surface area contributed by atoms with E-state index in [0.717, 1.165) is 61.8 Å². The van der Waals surface area contributed by atoms with Crippen LogP contribution in [0.4, 0.5) is 48.5 Å². The number of carbonyl (C=O) groups excluding carboxylic acids is 3. The Kier molecular flexibility index (Phi) is 9.76. The number of anilines is 6. The van der Waals surface area contributed by atoms with E-state index in [9.17, 15) is 19.5 Å².